The van der Waals surface area contributed by atoms with Crippen molar-refractivity contribution in [3.63, 3.8) is 0 Å². The zero-order chi connectivity index (χ0) is 17.9. The minimum absolute atomic E-state index is 0.0201. The van der Waals surface area contributed by atoms with Crippen LogP contribution in [0.15, 0.2) is 48.5 Å². The van der Waals surface area contributed by atoms with Crippen molar-refractivity contribution in [1.29, 1.82) is 0 Å². The van der Waals surface area contributed by atoms with Gasteiger partial charge in [0, 0.05) is 28.7 Å². The van der Waals surface area contributed by atoms with Gasteiger partial charge < -0.3 is 15.4 Å². The van der Waals surface area contributed by atoms with Crippen LogP contribution in [0.25, 0.3) is 0 Å². The van der Waals surface area contributed by atoms with Crippen LogP contribution in [0, 0.1) is 0 Å². The summed E-state index contributed by atoms with van der Waals surface area (Å²) in [5.41, 5.74) is 1.68. The summed E-state index contributed by atoms with van der Waals surface area (Å²) in [6, 6.07) is 16.3. The number of piperidine rings is 1. The molecule has 2 aromatic carbocycles. The predicted octanol–water partition coefficient (Wildman–Crippen LogP) is 3.93. The molecular weight excluding hydrogens is 348 g/mol. The molecule has 136 valence electrons. The maximum Gasteiger partial charge on any atom is 0.251 e. The van der Waals surface area contributed by atoms with E-state index in [0.29, 0.717) is 35.0 Å². The standard InChI is InChI=1S/C21H23ClN2O2/c22-16-6-4-14(5-7-16)13-26-20-3-1-2-15(10-20)21(25)24-19-11-17-8-9-18(12-19)23-17/h1-7,10,17-19,23H,8-9,11-13H2,(H,24,25). The molecule has 4 nitrogen and oxygen atoms in total. The van der Waals surface area contributed by atoms with E-state index in [1.807, 2.05) is 42.5 Å². The van der Waals surface area contributed by atoms with Gasteiger partial charge in [-0.05, 0) is 61.6 Å². The highest BCUT2D eigenvalue weighted by Crippen LogP contribution is 2.27. The zero-order valence-electron chi connectivity index (χ0n) is 14.6. The Morgan fingerprint density at radius 3 is 2.58 bits per heavy atom. The highest BCUT2D eigenvalue weighted by molar-refractivity contribution is 6.30. The van der Waals surface area contributed by atoms with E-state index < -0.39 is 0 Å². The van der Waals surface area contributed by atoms with Gasteiger partial charge in [-0.1, -0.05) is 29.8 Å². The number of hydrogen-bond acceptors (Lipinski definition) is 3. The highest BCUT2D eigenvalue weighted by Gasteiger charge is 2.34. The van der Waals surface area contributed by atoms with Crippen LogP contribution in [0.4, 0.5) is 0 Å². The molecule has 26 heavy (non-hydrogen) atoms. The van der Waals surface area contributed by atoms with Crippen LogP contribution in [0.1, 0.15) is 41.6 Å². The van der Waals surface area contributed by atoms with E-state index in [0.717, 1.165) is 18.4 Å². The average Bonchev–Trinajstić information content (AvgIpc) is 3.00. The van der Waals surface area contributed by atoms with Crippen molar-refractivity contribution < 1.29 is 9.53 Å². The zero-order valence-corrected chi connectivity index (χ0v) is 15.3. The van der Waals surface area contributed by atoms with E-state index in [9.17, 15) is 4.79 Å². The number of ether oxygens (including phenoxy) is 1. The maximum absolute atomic E-state index is 12.6. The Kier molecular flexibility index (Phi) is 5.14. The van der Waals surface area contributed by atoms with Gasteiger partial charge in [0.15, 0.2) is 0 Å². The molecule has 4 rings (SSSR count). The summed E-state index contributed by atoms with van der Waals surface area (Å²) in [5.74, 6) is 0.672. The quantitative estimate of drug-likeness (QED) is 0.838. The topological polar surface area (TPSA) is 50.4 Å². The van der Waals surface area contributed by atoms with Gasteiger partial charge in [0.2, 0.25) is 0 Å². The Hall–Kier alpha value is -2.04. The molecule has 0 radical (unpaired) electrons. The van der Waals surface area contributed by atoms with Crippen LogP contribution in [0.5, 0.6) is 5.75 Å². The van der Waals surface area contributed by atoms with E-state index in [1.165, 1.54) is 12.8 Å². The van der Waals surface area contributed by atoms with E-state index in [-0.39, 0.29) is 11.9 Å². The second-order valence-electron chi connectivity index (χ2n) is 7.22. The van der Waals surface area contributed by atoms with Crippen LogP contribution < -0.4 is 15.4 Å². The molecule has 1 amide bonds. The van der Waals surface area contributed by atoms with Gasteiger partial charge in [-0.15, -0.1) is 0 Å². The fourth-order valence-electron chi connectivity index (χ4n) is 3.92. The number of nitrogens with one attached hydrogen (secondary N) is 2. The molecule has 2 aromatic rings. The predicted molar refractivity (Wildman–Crippen MR) is 103 cm³/mol. The Bertz CT molecular complexity index is 766. The minimum Gasteiger partial charge on any atom is -0.489 e. The van der Waals surface area contributed by atoms with Gasteiger partial charge in [0.05, 0.1) is 0 Å². The molecule has 2 atom stereocenters. The van der Waals surface area contributed by atoms with Crippen molar-refractivity contribution in [2.24, 2.45) is 0 Å². The first-order valence-electron chi connectivity index (χ1n) is 9.20. The van der Waals surface area contributed by atoms with Crippen molar-refractivity contribution in [1.82, 2.24) is 10.6 Å². The van der Waals surface area contributed by atoms with Gasteiger partial charge in [-0.3, -0.25) is 4.79 Å². The SMILES string of the molecule is O=C(NC1CC2CCC(C1)N2)c1cccc(OCc2ccc(Cl)cc2)c1. The lowest BCUT2D eigenvalue weighted by molar-refractivity contribution is 0.0923. The first-order valence-corrected chi connectivity index (χ1v) is 9.58. The molecule has 2 bridgehead atoms. The maximum atomic E-state index is 12.6. The Labute approximate surface area is 158 Å². The van der Waals surface area contributed by atoms with Crippen molar-refractivity contribution in [3.05, 3.63) is 64.7 Å². The molecule has 2 N–H and O–H groups in total. The fraction of sp³-hybridized carbons (Fsp3) is 0.381. The molecular formula is C21H23ClN2O2. The number of benzene rings is 2. The molecule has 2 heterocycles. The van der Waals surface area contributed by atoms with Crippen molar-refractivity contribution in [2.45, 2.75) is 50.4 Å². The van der Waals surface area contributed by atoms with E-state index in [1.54, 1.807) is 6.07 Å². The number of fused-ring (bicyclic) bond motifs is 2. The molecule has 0 aliphatic carbocycles. The van der Waals surface area contributed by atoms with Crippen LogP contribution in [0.2, 0.25) is 5.02 Å². The van der Waals surface area contributed by atoms with Gasteiger partial charge in [-0.25, -0.2) is 0 Å². The number of rotatable bonds is 5. The second-order valence-corrected chi connectivity index (χ2v) is 7.66. The number of carbonyl (C=O) groups excluding carboxylic acids is 1. The number of hydrogen-bond donors (Lipinski definition) is 2. The van der Waals surface area contributed by atoms with Crippen LogP contribution >= 0.6 is 11.6 Å². The Balaban J connectivity index is 1.35. The van der Waals surface area contributed by atoms with Crippen LogP contribution in [-0.4, -0.2) is 24.0 Å². The van der Waals surface area contributed by atoms with Crippen molar-refractivity contribution in [3.8, 4) is 5.75 Å². The summed E-state index contributed by atoms with van der Waals surface area (Å²) in [7, 11) is 0. The molecule has 0 spiro atoms. The van der Waals surface area contributed by atoms with Crippen LogP contribution in [0.3, 0.4) is 0 Å². The average molecular weight is 371 g/mol. The number of amides is 1. The minimum atomic E-state index is -0.0201. The summed E-state index contributed by atoms with van der Waals surface area (Å²) < 4.78 is 5.82. The van der Waals surface area contributed by atoms with Crippen molar-refractivity contribution >= 4 is 17.5 Å². The molecule has 5 heteroatoms. The van der Waals surface area contributed by atoms with E-state index in [2.05, 4.69) is 10.6 Å². The Morgan fingerprint density at radius 2 is 1.85 bits per heavy atom. The summed E-state index contributed by atoms with van der Waals surface area (Å²) >= 11 is 5.90. The summed E-state index contributed by atoms with van der Waals surface area (Å²) in [5, 5.41) is 7.50. The smallest absolute Gasteiger partial charge is 0.251 e. The summed E-state index contributed by atoms with van der Waals surface area (Å²) in [4.78, 5) is 12.6. The first-order chi connectivity index (χ1) is 12.7. The van der Waals surface area contributed by atoms with Crippen molar-refractivity contribution in [2.75, 3.05) is 0 Å². The molecule has 2 fully saturated rings. The lowest BCUT2D eigenvalue weighted by Gasteiger charge is -2.29. The third-order valence-corrected chi connectivity index (χ3v) is 5.48. The highest BCUT2D eigenvalue weighted by atomic mass is 35.5. The number of halogens is 1. The second kappa shape index (κ2) is 7.68. The van der Waals surface area contributed by atoms with E-state index >= 15 is 0 Å². The van der Waals surface area contributed by atoms with Gasteiger partial charge in [0.25, 0.3) is 5.91 Å². The normalized spacial score (nSPS) is 24.3. The molecule has 0 aromatic heterocycles. The lowest BCUT2D eigenvalue weighted by atomic mass is 9.99. The molecule has 2 unspecified atom stereocenters. The molecule has 0 saturated carbocycles. The number of carbonyl (C=O) groups is 1. The van der Waals surface area contributed by atoms with Crippen LogP contribution in [-0.2, 0) is 6.61 Å². The fourth-order valence-corrected chi connectivity index (χ4v) is 4.04. The largest absolute Gasteiger partial charge is 0.489 e. The Morgan fingerprint density at radius 1 is 1.12 bits per heavy atom. The van der Waals surface area contributed by atoms with Gasteiger partial charge in [-0.2, -0.15) is 0 Å². The monoisotopic (exact) mass is 370 g/mol. The van der Waals surface area contributed by atoms with E-state index in [4.69, 9.17) is 16.3 Å². The third kappa shape index (κ3) is 4.19. The summed E-state index contributed by atoms with van der Waals surface area (Å²) in [6.07, 6.45) is 4.50. The molecule has 2 aliphatic rings. The third-order valence-electron chi connectivity index (χ3n) is 5.22. The van der Waals surface area contributed by atoms with Gasteiger partial charge in [0.1, 0.15) is 12.4 Å². The summed E-state index contributed by atoms with van der Waals surface area (Å²) in [6.45, 7) is 0.444. The van der Waals surface area contributed by atoms with Gasteiger partial charge >= 0.3 is 0 Å². The lowest BCUT2D eigenvalue weighted by Crippen LogP contribution is -2.48. The molecule has 2 saturated heterocycles. The first kappa shape index (κ1) is 17.4. The molecule has 2 aliphatic heterocycles.